The van der Waals surface area contributed by atoms with Crippen molar-refractivity contribution in [3.05, 3.63) is 23.9 Å². The second-order valence-electron chi connectivity index (χ2n) is 7.43. The molecule has 25 heavy (non-hydrogen) atoms. The molecule has 0 radical (unpaired) electrons. The van der Waals surface area contributed by atoms with E-state index in [9.17, 15) is 9.59 Å². The molecule has 1 saturated carbocycles. The van der Waals surface area contributed by atoms with E-state index in [0.717, 1.165) is 31.6 Å². The molecule has 2 saturated heterocycles. The van der Waals surface area contributed by atoms with Crippen molar-refractivity contribution in [2.24, 2.45) is 0 Å². The molecular weight excluding hydrogens is 316 g/mol. The van der Waals surface area contributed by atoms with E-state index in [-0.39, 0.29) is 17.9 Å². The lowest BCUT2D eigenvalue weighted by Gasteiger charge is -2.28. The number of carbonyl (C=O) groups excluding carboxylic acids is 2. The number of aromatic nitrogens is 1. The lowest BCUT2D eigenvalue weighted by atomic mass is 10.1. The van der Waals surface area contributed by atoms with Gasteiger partial charge in [0.25, 0.3) is 5.91 Å². The maximum atomic E-state index is 12.9. The molecule has 0 spiro atoms. The normalized spacial score (nSPS) is 25.6. The van der Waals surface area contributed by atoms with Crippen LogP contribution in [0.4, 0.5) is 5.82 Å². The Hall–Kier alpha value is -2.11. The van der Waals surface area contributed by atoms with Crippen LogP contribution in [-0.4, -0.2) is 57.8 Å². The van der Waals surface area contributed by atoms with E-state index >= 15 is 0 Å². The largest absolute Gasteiger partial charge is 0.367 e. The third-order valence-electron chi connectivity index (χ3n) is 5.60. The Balaban J connectivity index is 1.44. The number of fused-ring (bicyclic) bond motifs is 2. The summed E-state index contributed by atoms with van der Waals surface area (Å²) in [5.41, 5.74) is 0.632. The predicted molar refractivity (Wildman–Crippen MR) is 95.3 cm³/mol. The van der Waals surface area contributed by atoms with Crippen molar-refractivity contribution in [1.82, 2.24) is 14.8 Å². The zero-order chi connectivity index (χ0) is 17.4. The number of likely N-dealkylation sites (tertiary alicyclic amines) is 1. The fraction of sp³-hybridized carbons (Fsp3) is 0.632. The maximum Gasteiger partial charge on any atom is 0.255 e. The summed E-state index contributed by atoms with van der Waals surface area (Å²) in [5, 5.41) is 3.34. The van der Waals surface area contributed by atoms with Crippen molar-refractivity contribution in [2.45, 2.75) is 63.6 Å². The van der Waals surface area contributed by atoms with Gasteiger partial charge in [-0.15, -0.1) is 0 Å². The van der Waals surface area contributed by atoms with Gasteiger partial charge in [0, 0.05) is 43.8 Å². The van der Waals surface area contributed by atoms with Crippen molar-refractivity contribution in [3.8, 4) is 0 Å². The molecular formula is C19H26N4O2. The maximum absolute atomic E-state index is 12.9. The van der Waals surface area contributed by atoms with Crippen LogP contribution in [0.25, 0.3) is 0 Å². The van der Waals surface area contributed by atoms with Crippen molar-refractivity contribution in [2.75, 3.05) is 18.4 Å². The lowest BCUT2D eigenvalue weighted by molar-refractivity contribution is -0.133. The summed E-state index contributed by atoms with van der Waals surface area (Å²) >= 11 is 0. The molecule has 6 nitrogen and oxygen atoms in total. The number of amides is 2. The smallest absolute Gasteiger partial charge is 0.255 e. The quantitative estimate of drug-likeness (QED) is 0.912. The van der Waals surface area contributed by atoms with Crippen LogP contribution >= 0.6 is 0 Å². The van der Waals surface area contributed by atoms with Crippen LogP contribution in [0.2, 0.25) is 0 Å². The van der Waals surface area contributed by atoms with Gasteiger partial charge in [0.05, 0.1) is 5.56 Å². The summed E-state index contributed by atoms with van der Waals surface area (Å²) in [6, 6.07) is 4.78. The Labute approximate surface area is 148 Å². The average molecular weight is 342 g/mol. The molecule has 2 bridgehead atoms. The Kier molecular flexibility index (Phi) is 4.36. The van der Waals surface area contributed by atoms with E-state index < -0.39 is 0 Å². The first-order valence-corrected chi connectivity index (χ1v) is 9.48. The second kappa shape index (κ2) is 6.65. The molecule has 4 rings (SSSR count). The van der Waals surface area contributed by atoms with E-state index in [1.165, 1.54) is 12.8 Å². The summed E-state index contributed by atoms with van der Waals surface area (Å²) in [7, 11) is 0. The minimum atomic E-state index is 0.0296. The SMILES string of the molecule is CCC(=O)N1C2CCC1CN(C(=O)c1ccc(NC3CC3)nc1)CC2. The molecule has 3 heterocycles. The topological polar surface area (TPSA) is 65.5 Å². The number of anilines is 1. The van der Waals surface area contributed by atoms with E-state index in [0.29, 0.717) is 30.6 Å². The van der Waals surface area contributed by atoms with Crippen LogP contribution < -0.4 is 5.32 Å². The minimum Gasteiger partial charge on any atom is -0.367 e. The first-order valence-electron chi connectivity index (χ1n) is 9.48. The monoisotopic (exact) mass is 342 g/mol. The zero-order valence-corrected chi connectivity index (χ0v) is 14.8. The fourth-order valence-corrected chi connectivity index (χ4v) is 4.07. The first kappa shape index (κ1) is 16.4. The van der Waals surface area contributed by atoms with Crippen LogP contribution in [0.15, 0.2) is 18.3 Å². The molecule has 1 aromatic heterocycles. The minimum absolute atomic E-state index is 0.0296. The summed E-state index contributed by atoms with van der Waals surface area (Å²) in [6.07, 6.45) is 7.57. The molecule has 6 heteroatoms. The number of nitrogens with one attached hydrogen (secondary N) is 1. The van der Waals surface area contributed by atoms with Crippen LogP contribution in [0.1, 0.15) is 55.8 Å². The average Bonchev–Trinajstić information content (AvgIpc) is 3.37. The molecule has 134 valence electrons. The summed E-state index contributed by atoms with van der Waals surface area (Å²) in [5.74, 6) is 1.09. The van der Waals surface area contributed by atoms with Gasteiger partial charge in [-0.3, -0.25) is 9.59 Å². The molecule has 2 unspecified atom stereocenters. The highest BCUT2D eigenvalue weighted by Crippen LogP contribution is 2.31. The third kappa shape index (κ3) is 3.34. The van der Waals surface area contributed by atoms with Gasteiger partial charge in [0.1, 0.15) is 5.82 Å². The van der Waals surface area contributed by atoms with Crippen molar-refractivity contribution in [1.29, 1.82) is 0 Å². The number of hydrogen-bond donors (Lipinski definition) is 1. The first-order chi connectivity index (χ1) is 12.2. The van der Waals surface area contributed by atoms with Crippen LogP contribution in [0.5, 0.6) is 0 Å². The standard InChI is InChI=1S/C19H26N4O2/c1-2-18(24)23-15-6-7-16(23)12-22(10-9-15)19(25)13-3-8-17(20-11-13)21-14-4-5-14/h3,8,11,14-16H,2,4-7,9-10,12H2,1H3,(H,20,21). The molecule has 2 amide bonds. The molecule has 2 atom stereocenters. The molecule has 3 aliphatic rings. The third-order valence-corrected chi connectivity index (χ3v) is 5.60. The number of nitrogens with zero attached hydrogens (tertiary/aromatic N) is 3. The van der Waals surface area contributed by atoms with Gasteiger partial charge in [-0.1, -0.05) is 6.92 Å². The predicted octanol–water partition coefficient (Wildman–Crippen LogP) is 2.27. The Bertz CT molecular complexity index is 656. The van der Waals surface area contributed by atoms with Crippen molar-refractivity contribution >= 4 is 17.6 Å². The van der Waals surface area contributed by atoms with Gasteiger partial charge in [0.15, 0.2) is 0 Å². The zero-order valence-electron chi connectivity index (χ0n) is 14.8. The number of carbonyl (C=O) groups is 2. The number of hydrogen-bond acceptors (Lipinski definition) is 4. The van der Waals surface area contributed by atoms with Gasteiger partial charge >= 0.3 is 0 Å². The Morgan fingerprint density at radius 2 is 1.96 bits per heavy atom. The van der Waals surface area contributed by atoms with Gasteiger partial charge < -0.3 is 15.1 Å². The fourth-order valence-electron chi connectivity index (χ4n) is 4.07. The summed E-state index contributed by atoms with van der Waals surface area (Å²) < 4.78 is 0. The highest BCUT2D eigenvalue weighted by molar-refractivity contribution is 5.94. The summed E-state index contributed by atoms with van der Waals surface area (Å²) in [4.78, 5) is 33.5. The highest BCUT2D eigenvalue weighted by atomic mass is 16.2. The molecule has 1 aliphatic carbocycles. The van der Waals surface area contributed by atoms with Crippen molar-refractivity contribution < 1.29 is 9.59 Å². The van der Waals surface area contributed by atoms with Gasteiger partial charge in [-0.2, -0.15) is 0 Å². The molecule has 0 aromatic carbocycles. The van der Waals surface area contributed by atoms with Gasteiger partial charge in [-0.25, -0.2) is 4.98 Å². The molecule has 3 fully saturated rings. The summed E-state index contributed by atoms with van der Waals surface area (Å²) in [6.45, 7) is 3.28. The van der Waals surface area contributed by atoms with Crippen LogP contribution in [-0.2, 0) is 4.79 Å². The van der Waals surface area contributed by atoms with Crippen molar-refractivity contribution in [3.63, 3.8) is 0 Å². The van der Waals surface area contributed by atoms with E-state index in [2.05, 4.69) is 10.3 Å². The Morgan fingerprint density at radius 3 is 2.64 bits per heavy atom. The van der Waals surface area contributed by atoms with Gasteiger partial charge in [-0.05, 0) is 44.2 Å². The lowest BCUT2D eigenvalue weighted by Crippen LogP contribution is -2.43. The van der Waals surface area contributed by atoms with E-state index in [1.807, 2.05) is 28.9 Å². The van der Waals surface area contributed by atoms with E-state index in [1.54, 1.807) is 6.20 Å². The second-order valence-corrected chi connectivity index (χ2v) is 7.43. The molecule has 1 aromatic rings. The van der Waals surface area contributed by atoms with Gasteiger partial charge in [0.2, 0.25) is 5.91 Å². The highest BCUT2D eigenvalue weighted by Gasteiger charge is 2.40. The number of pyridine rings is 1. The van der Waals surface area contributed by atoms with Crippen LogP contribution in [0, 0.1) is 0 Å². The number of rotatable bonds is 4. The Morgan fingerprint density at radius 1 is 1.16 bits per heavy atom. The molecule has 1 N–H and O–H groups in total. The van der Waals surface area contributed by atoms with Crippen LogP contribution in [0.3, 0.4) is 0 Å². The molecule has 2 aliphatic heterocycles. The van der Waals surface area contributed by atoms with E-state index in [4.69, 9.17) is 0 Å².